The van der Waals surface area contributed by atoms with Crippen molar-refractivity contribution in [2.75, 3.05) is 6.54 Å². The minimum atomic E-state index is -3.38. The maximum absolute atomic E-state index is 13.3. The van der Waals surface area contributed by atoms with Gasteiger partial charge in [0.1, 0.15) is 5.82 Å². The molecule has 1 heterocycles. The molecule has 0 fully saturated rings. The number of aromatic nitrogens is 1. The maximum Gasteiger partial charge on any atom is 0.215 e. The third-order valence-electron chi connectivity index (χ3n) is 3.65. The first kappa shape index (κ1) is 15.7. The molecular weight excluding hydrogens is 315 g/mol. The average molecular weight is 332 g/mol. The summed E-state index contributed by atoms with van der Waals surface area (Å²) in [6, 6.07) is 13.6. The highest BCUT2D eigenvalue weighted by molar-refractivity contribution is 7.88. The van der Waals surface area contributed by atoms with Crippen LogP contribution in [0.15, 0.2) is 54.7 Å². The van der Waals surface area contributed by atoms with Crippen LogP contribution < -0.4 is 4.72 Å². The molecule has 0 bridgehead atoms. The van der Waals surface area contributed by atoms with E-state index in [1.54, 1.807) is 24.4 Å². The second-order valence-electron chi connectivity index (χ2n) is 5.39. The molecule has 0 aliphatic rings. The fourth-order valence-electron chi connectivity index (χ4n) is 2.54. The van der Waals surface area contributed by atoms with E-state index in [0.717, 1.165) is 22.0 Å². The lowest BCUT2D eigenvalue weighted by Gasteiger charge is -2.06. The zero-order valence-electron chi connectivity index (χ0n) is 12.4. The van der Waals surface area contributed by atoms with Crippen molar-refractivity contribution in [3.63, 3.8) is 0 Å². The van der Waals surface area contributed by atoms with E-state index in [1.807, 2.05) is 18.2 Å². The Morgan fingerprint density at radius 3 is 2.65 bits per heavy atom. The Labute approximate surface area is 134 Å². The van der Waals surface area contributed by atoms with Crippen molar-refractivity contribution in [1.29, 1.82) is 0 Å². The summed E-state index contributed by atoms with van der Waals surface area (Å²) in [6.45, 7) is 0.276. The first-order valence-electron chi connectivity index (χ1n) is 7.30. The molecule has 0 unspecified atom stereocenters. The third kappa shape index (κ3) is 3.97. The van der Waals surface area contributed by atoms with Gasteiger partial charge in [0.05, 0.1) is 5.75 Å². The molecule has 2 aromatic carbocycles. The second-order valence-corrected chi connectivity index (χ2v) is 7.20. The van der Waals surface area contributed by atoms with Crippen molar-refractivity contribution in [3.8, 4) is 0 Å². The van der Waals surface area contributed by atoms with E-state index in [2.05, 4.69) is 9.71 Å². The highest BCUT2D eigenvalue weighted by atomic mass is 32.2. The van der Waals surface area contributed by atoms with Crippen molar-refractivity contribution < 1.29 is 12.8 Å². The van der Waals surface area contributed by atoms with Gasteiger partial charge in [-0.15, -0.1) is 0 Å². The van der Waals surface area contributed by atoms with Crippen LogP contribution in [-0.4, -0.2) is 19.9 Å². The summed E-state index contributed by atoms with van der Waals surface area (Å²) in [4.78, 5) is 3.06. The quantitative estimate of drug-likeness (QED) is 0.729. The molecule has 4 nitrogen and oxygen atoms in total. The zero-order valence-corrected chi connectivity index (χ0v) is 13.2. The number of H-pyrrole nitrogens is 1. The van der Waals surface area contributed by atoms with Gasteiger partial charge in [-0.05, 0) is 35.7 Å². The molecule has 3 aromatic rings. The van der Waals surface area contributed by atoms with Crippen molar-refractivity contribution in [2.45, 2.75) is 12.2 Å². The van der Waals surface area contributed by atoms with Crippen molar-refractivity contribution in [2.24, 2.45) is 0 Å². The lowest BCUT2D eigenvalue weighted by Crippen LogP contribution is -2.27. The number of sulfonamides is 1. The summed E-state index contributed by atoms with van der Waals surface area (Å²) in [6.07, 6.45) is 2.28. The Bertz CT molecular complexity index is 905. The first-order chi connectivity index (χ1) is 11.0. The van der Waals surface area contributed by atoms with Gasteiger partial charge in [0.2, 0.25) is 10.0 Å². The molecule has 0 aliphatic carbocycles. The lowest BCUT2D eigenvalue weighted by molar-refractivity contribution is 0.581. The SMILES string of the molecule is O=S(=O)(Cc1ccccc1)NCCc1c[nH]c2ccc(F)cc12. The van der Waals surface area contributed by atoms with Gasteiger partial charge in [-0.1, -0.05) is 30.3 Å². The summed E-state index contributed by atoms with van der Waals surface area (Å²) in [5.41, 5.74) is 2.48. The molecule has 0 amide bonds. The number of halogens is 1. The smallest absolute Gasteiger partial charge is 0.215 e. The van der Waals surface area contributed by atoms with E-state index in [4.69, 9.17) is 0 Å². The molecule has 0 aliphatic heterocycles. The lowest BCUT2D eigenvalue weighted by atomic mass is 10.1. The van der Waals surface area contributed by atoms with Crippen LogP contribution in [0.25, 0.3) is 10.9 Å². The van der Waals surface area contributed by atoms with E-state index < -0.39 is 10.0 Å². The minimum absolute atomic E-state index is 0.0453. The standard InChI is InChI=1S/C17H17FN2O2S/c18-15-6-7-17-16(10-15)14(11-19-17)8-9-20-23(21,22)12-13-4-2-1-3-5-13/h1-7,10-11,19-20H,8-9,12H2. The van der Waals surface area contributed by atoms with Gasteiger partial charge in [-0.2, -0.15) is 0 Å². The van der Waals surface area contributed by atoms with Gasteiger partial charge in [-0.25, -0.2) is 17.5 Å². The molecule has 0 spiro atoms. The number of aromatic amines is 1. The van der Waals surface area contributed by atoms with E-state index in [9.17, 15) is 12.8 Å². The monoisotopic (exact) mass is 332 g/mol. The van der Waals surface area contributed by atoms with Gasteiger partial charge in [0.25, 0.3) is 0 Å². The van der Waals surface area contributed by atoms with Crippen LogP contribution in [0, 0.1) is 5.82 Å². The van der Waals surface area contributed by atoms with Crippen molar-refractivity contribution >= 4 is 20.9 Å². The molecule has 1 aromatic heterocycles. The van der Waals surface area contributed by atoms with E-state index >= 15 is 0 Å². The topological polar surface area (TPSA) is 62.0 Å². The summed E-state index contributed by atoms with van der Waals surface area (Å²) >= 11 is 0. The molecule has 0 radical (unpaired) electrons. The van der Waals surface area contributed by atoms with Gasteiger partial charge in [-0.3, -0.25) is 0 Å². The number of nitrogens with one attached hydrogen (secondary N) is 2. The Balaban J connectivity index is 1.63. The van der Waals surface area contributed by atoms with Crippen LogP contribution in [0.5, 0.6) is 0 Å². The first-order valence-corrected chi connectivity index (χ1v) is 8.95. The number of benzene rings is 2. The highest BCUT2D eigenvalue weighted by Crippen LogP contribution is 2.19. The molecule has 2 N–H and O–H groups in total. The Morgan fingerprint density at radius 2 is 1.87 bits per heavy atom. The molecule has 3 rings (SSSR count). The van der Waals surface area contributed by atoms with Crippen LogP contribution >= 0.6 is 0 Å². The molecule has 0 atom stereocenters. The number of hydrogen-bond donors (Lipinski definition) is 2. The molecule has 23 heavy (non-hydrogen) atoms. The predicted octanol–water partition coefficient (Wildman–Crippen LogP) is 2.97. The largest absolute Gasteiger partial charge is 0.361 e. The van der Waals surface area contributed by atoms with Crippen molar-refractivity contribution in [1.82, 2.24) is 9.71 Å². The van der Waals surface area contributed by atoms with Gasteiger partial charge >= 0.3 is 0 Å². The average Bonchev–Trinajstić information content (AvgIpc) is 2.90. The number of hydrogen-bond acceptors (Lipinski definition) is 2. The Morgan fingerprint density at radius 1 is 1.09 bits per heavy atom. The van der Waals surface area contributed by atoms with Crippen molar-refractivity contribution in [3.05, 3.63) is 71.7 Å². The summed E-state index contributed by atoms with van der Waals surface area (Å²) in [7, 11) is -3.38. The van der Waals surface area contributed by atoms with Gasteiger partial charge in [0.15, 0.2) is 0 Å². The Hall–Kier alpha value is -2.18. The van der Waals surface area contributed by atoms with Crippen LogP contribution in [0.4, 0.5) is 4.39 Å². The molecule has 120 valence electrons. The number of fused-ring (bicyclic) bond motifs is 1. The van der Waals surface area contributed by atoms with Crippen LogP contribution in [0.3, 0.4) is 0 Å². The van der Waals surface area contributed by atoms with Crippen LogP contribution in [0.1, 0.15) is 11.1 Å². The second kappa shape index (κ2) is 6.52. The maximum atomic E-state index is 13.3. The summed E-state index contributed by atoms with van der Waals surface area (Å²) in [5, 5.41) is 0.784. The molecule has 0 saturated carbocycles. The van der Waals surface area contributed by atoms with Gasteiger partial charge in [0, 0.05) is 23.6 Å². The number of rotatable bonds is 6. The zero-order chi connectivity index (χ0) is 16.3. The summed E-state index contributed by atoms with van der Waals surface area (Å²) < 4.78 is 40.0. The summed E-state index contributed by atoms with van der Waals surface area (Å²) in [5.74, 6) is -0.348. The van der Waals surface area contributed by atoms with Crippen LogP contribution in [0.2, 0.25) is 0 Å². The molecule has 0 saturated heterocycles. The fourth-order valence-corrected chi connectivity index (χ4v) is 3.69. The normalized spacial score (nSPS) is 11.9. The highest BCUT2D eigenvalue weighted by Gasteiger charge is 2.11. The fraction of sp³-hybridized carbons (Fsp3) is 0.176. The third-order valence-corrected chi connectivity index (χ3v) is 5.00. The minimum Gasteiger partial charge on any atom is -0.361 e. The van der Waals surface area contributed by atoms with E-state index in [0.29, 0.717) is 6.42 Å². The van der Waals surface area contributed by atoms with E-state index in [1.165, 1.54) is 12.1 Å². The van der Waals surface area contributed by atoms with Gasteiger partial charge < -0.3 is 4.98 Å². The molecule has 6 heteroatoms. The Kier molecular flexibility index (Phi) is 4.45. The van der Waals surface area contributed by atoms with Crippen LogP contribution in [-0.2, 0) is 22.2 Å². The predicted molar refractivity (Wildman–Crippen MR) is 89.0 cm³/mol. The van der Waals surface area contributed by atoms with E-state index in [-0.39, 0.29) is 18.1 Å². The molecular formula is C17H17FN2O2S.